The van der Waals surface area contributed by atoms with Crippen molar-refractivity contribution in [2.45, 2.75) is 0 Å². The van der Waals surface area contributed by atoms with Crippen LogP contribution in [-0.2, 0) is 0 Å². The molecule has 8 nitrogen and oxygen atoms in total. The maximum Gasteiger partial charge on any atom is 0.271 e. The van der Waals surface area contributed by atoms with E-state index in [1.165, 1.54) is 52.9 Å². The van der Waals surface area contributed by atoms with Gasteiger partial charge in [0.25, 0.3) is 5.69 Å². The maximum atomic E-state index is 10.9. The first-order valence-electron chi connectivity index (χ1n) is 7.20. The molecule has 132 valence electrons. The lowest BCUT2D eigenvalue weighted by Gasteiger charge is -2.12. The molecule has 0 saturated heterocycles. The summed E-state index contributed by atoms with van der Waals surface area (Å²) in [6.45, 7) is 0. The molecule has 0 unspecified atom stereocenters. The SMILES string of the molecule is COc1ccc([N+](=O)[O-])cc1N=Cc1cc(OC)c(OC)c(OC)c1. The average Bonchev–Trinajstić information content (AvgIpc) is 2.64. The summed E-state index contributed by atoms with van der Waals surface area (Å²) >= 11 is 0. The van der Waals surface area contributed by atoms with Crippen molar-refractivity contribution in [3.63, 3.8) is 0 Å². The van der Waals surface area contributed by atoms with Crippen molar-refractivity contribution in [3.05, 3.63) is 46.0 Å². The van der Waals surface area contributed by atoms with E-state index in [1.54, 1.807) is 12.1 Å². The Labute approximate surface area is 144 Å². The van der Waals surface area contributed by atoms with Crippen molar-refractivity contribution >= 4 is 17.6 Å². The molecular weight excluding hydrogens is 328 g/mol. The lowest BCUT2D eigenvalue weighted by atomic mass is 10.2. The van der Waals surface area contributed by atoms with Crippen LogP contribution in [0.4, 0.5) is 11.4 Å². The largest absolute Gasteiger partial charge is 0.494 e. The van der Waals surface area contributed by atoms with Crippen molar-refractivity contribution < 1.29 is 23.9 Å². The van der Waals surface area contributed by atoms with Crippen LogP contribution >= 0.6 is 0 Å². The molecule has 0 saturated carbocycles. The molecule has 0 fully saturated rings. The Morgan fingerprint density at radius 3 is 2.00 bits per heavy atom. The fourth-order valence-corrected chi connectivity index (χ4v) is 2.21. The molecular formula is C17H18N2O6. The van der Waals surface area contributed by atoms with Crippen LogP contribution in [0.3, 0.4) is 0 Å². The van der Waals surface area contributed by atoms with Gasteiger partial charge in [0.05, 0.1) is 33.4 Å². The van der Waals surface area contributed by atoms with E-state index in [-0.39, 0.29) is 5.69 Å². The maximum absolute atomic E-state index is 10.9. The van der Waals surface area contributed by atoms with E-state index < -0.39 is 4.92 Å². The highest BCUT2D eigenvalue weighted by atomic mass is 16.6. The first-order chi connectivity index (χ1) is 12.0. The Bertz CT molecular complexity index is 779. The molecule has 25 heavy (non-hydrogen) atoms. The van der Waals surface area contributed by atoms with Gasteiger partial charge in [-0.25, -0.2) is 0 Å². The number of benzene rings is 2. The molecule has 0 atom stereocenters. The molecule has 0 aliphatic rings. The van der Waals surface area contributed by atoms with E-state index in [1.807, 2.05) is 0 Å². The Morgan fingerprint density at radius 1 is 0.920 bits per heavy atom. The zero-order chi connectivity index (χ0) is 18.4. The number of nitro benzene ring substituents is 1. The van der Waals surface area contributed by atoms with Gasteiger partial charge in [-0.3, -0.25) is 15.1 Å². The van der Waals surface area contributed by atoms with Crippen LogP contribution in [0.5, 0.6) is 23.0 Å². The highest BCUT2D eigenvalue weighted by molar-refractivity contribution is 5.85. The summed E-state index contributed by atoms with van der Waals surface area (Å²) in [5.74, 6) is 1.85. The number of hydrogen-bond acceptors (Lipinski definition) is 7. The van der Waals surface area contributed by atoms with Gasteiger partial charge >= 0.3 is 0 Å². The quantitative estimate of drug-likeness (QED) is 0.433. The van der Waals surface area contributed by atoms with Crippen molar-refractivity contribution in [2.24, 2.45) is 4.99 Å². The Hall–Kier alpha value is -3.29. The van der Waals surface area contributed by atoms with Crippen molar-refractivity contribution in [3.8, 4) is 23.0 Å². The summed E-state index contributed by atoms with van der Waals surface area (Å²) in [5, 5.41) is 10.9. The topological polar surface area (TPSA) is 92.4 Å². The highest BCUT2D eigenvalue weighted by Gasteiger charge is 2.13. The number of nitro groups is 1. The summed E-state index contributed by atoms with van der Waals surface area (Å²) in [6.07, 6.45) is 1.53. The van der Waals surface area contributed by atoms with E-state index in [0.717, 1.165) is 0 Å². The van der Waals surface area contributed by atoms with E-state index in [0.29, 0.717) is 34.2 Å². The molecule has 0 bridgehead atoms. The number of methoxy groups -OCH3 is 4. The third kappa shape index (κ3) is 3.97. The molecule has 0 heterocycles. The molecule has 0 aromatic heterocycles. The van der Waals surface area contributed by atoms with E-state index >= 15 is 0 Å². The van der Waals surface area contributed by atoms with Crippen LogP contribution in [-0.4, -0.2) is 39.6 Å². The molecule has 0 aliphatic carbocycles. The summed E-state index contributed by atoms with van der Waals surface area (Å²) in [6, 6.07) is 7.63. The molecule has 0 spiro atoms. The van der Waals surface area contributed by atoms with Gasteiger partial charge in [-0.1, -0.05) is 0 Å². The number of nitrogens with zero attached hydrogens (tertiary/aromatic N) is 2. The Balaban J connectivity index is 2.45. The molecule has 2 aromatic rings. The minimum Gasteiger partial charge on any atom is -0.494 e. The second-order valence-corrected chi connectivity index (χ2v) is 4.83. The van der Waals surface area contributed by atoms with Gasteiger partial charge in [0, 0.05) is 23.9 Å². The summed E-state index contributed by atoms with van der Waals surface area (Å²) in [4.78, 5) is 14.7. The molecule has 0 radical (unpaired) electrons. The first kappa shape index (κ1) is 18.1. The van der Waals surface area contributed by atoms with Crippen LogP contribution in [0.2, 0.25) is 0 Å². The predicted octanol–water partition coefficient (Wildman–Crippen LogP) is 3.38. The molecule has 0 N–H and O–H groups in total. The third-order valence-electron chi connectivity index (χ3n) is 3.41. The van der Waals surface area contributed by atoms with Gasteiger partial charge in [0.2, 0.25) is 5.75 Å². The van der Waals surface area contributed by atoms with Crippen LogP contribution < -0.4 is 18.9 Å². The van der Waals surface area contributed by atoms with Gasteiger partial charge < -0.3 is 18.9 Å². The van der Waals surface area contributed by atoms with Gasteiger partial charge in [-0.15, -0.1) is 0 Å². The second kappa shape index (κ2) is 8.00. The van der Waals surface area contributed by atoms with Crippen molar-refractivity contribution in [1.82, 2.24) is 0 Å². The van der Waals surface area contributed by atoms with Gasteiger partial charge in [-0.05, 0) is 18.2 Å². The van der Waals surface area contributed by atoms with Crippen molar-refractivity contribution in [1.29, 1.82) is 0 Å². The summed E-state index contributed by atoms with van der Waals surface area (Å²) in [7, 11) is 6.02. The zero-order valence-electron chi connectivity index (χ0n) is 14.3. The lowest BCUT2D eigenvalue weighted by Crippen LogP contribution is -1.96. The predicted molar refractivity (Wildman–Crippen MR) is 93.0 cm³/mol. The van der Waals surface area contributed by atoms with Gasteiger partial charge in [-0.2, -0.15) is 0 Å². The normalized spacial score (nSPS) is 10.6. The summed E-state index contributed by atoms with van der Waals surface area (Å²) in [5.41, 5.74) is 0.936. The fourth-order valence-electron chi connectivity index (χ4n) is 2.21. The minimum atomic E-state index is -0.488. The Morgan fingerprint density at radius 2 is 1.52 bits per heavy atom. The van der Waals surface area contributed by atoms with E-state index in [4.69, 9.17) is 18.9 Å². The number of ether oxygens (including phenoxy) is 4. The number of hydrogen-bond donors (Lipinski definition) is 0. The Kier molecular flexibility index (Phi) is 5.78. The lowest BCUT2D eigenvalue weighted by molar-refractivity contribution is -0.384. The fraction of sp³-hybridized carbons (Fsp3) is 0.235. The first-order valence-corrected chi connectivity index (χ1v) is 7.20. The van der Waals surface area contributed by atoms with Crippen LogP contribution in [0.15, 0.2) is 35.3 Å². The number of non-ortho nitro benzene ring substituents is 1. The molecule has 2 rings (SSSR count). The van der Waals surface area contributed by atoms with Crippen LogP contribution in [0.1, 0.15) is 5.56 Å². The van der Waals surface area contributed by atoms with Crippen LogP contribution in [0.25, 0.3) is 0 Å². The smallest absolute Gasteiger partial charge is 0.271 e. The monoisotopic (exact) mass is 346 g/mol. The van der Waals surface area contributed by atoms with Crippen molar-refractivity contribution in [2.75, 3.05) is 28.4 Å². The standard InChI is InChI=1S/C17H18N2O6/c1-22-14-6-5-12(19(20)21)9-13(14)18-10-11-7-15(23-2)17(25-4)16(8-11)24-3/h5-10H,1-4H3. The van der Waals surface area contributed by atoms with Gasteiger partial charge in [0.15, 0.2) is 11.5 Å². The molecule has 0 aliphatic heterocycles. The third-order valence-corrected chi connectivity index (χ3v) is 3.41. The molecule has 8 heteroatoms. The minimum absolute atomic E-state index is 0.0714. The molecule has 0 amide bonds. The van der Waals surface area contributed by atoms with Gasteiger partial charge in [0.1, 0.15) is 11.4 Å². The zero-order valence-corrected chi connectivity index (χ0v) is 14.3. The highest BCUT2D eigenvalue weighted by Crippen LogP contribution is 2.38. The number of rotatable bonds is 7. The average molecular weight is 346 g/mol. The number of aliphatic imine (C=N–C) groups is 1. The second-order valence-electron chi connectivity index (χ2n) is 4.83. The molecule has 2 aromatic carbocycles. The van der Waals surface area contributed by atoms with Crippen LogP contribution in [0, 0.1) is 10.1 Å². The summed E-state index contributed by atoms with van der Waals surface area (Å²) < 4.78 is 21.0. The van der Waals surface area contributed by atoms with E-state index in [2.05, 4.69) is 4.99 Å². The van der Waals surface area contributed by atoms with E-state index in [9.17, 15) is 10.1 Å².